The Balaban J connectivity index is 4.61. The molecule has 3 N–H and O–H groups in total. The fourth-order valence-electron chi connectivity index (χ4n) is 1.97. The van der Waals surface area contributed by atoms with Crippen LogP contribution in [0.2, 0.25) is 0 Å². The molecule has 1 unspecified atom stereocenters. The number of hydrogen-bond acceptors (Lipinski definition) is 3. The van der Waals surface area contributed by atoms with E-state index in [0.717, 1.165) is 19.5 Å². The maximum Gasteiger partial charge on any atom is 0.251 e. The second kappa shape index (κ2) is 7.63. The first kappa shape index (κ1) is 15.4. The average Bonchev–Trinajstić information content (AvgIpc) is 2.16. The third-order valence-corrected chi connectivity index (χ3v) is 2.47. The summed E-state index contributed by atoms with van der Waals surface area (Å²) in [6, 6.07) is -0.102. The molecule has 0 aromatic rings. The molecule has 0 saturated carbocycles. The maximum atomic E-state index is 11.7. The number of nitrogens with one attached hydrogen (secondary N) is 1. The Bertz CT molecular complexity index is 194. The van der Waals surface area contributed by atoms with Gasteiger partial charge in [0.2, 0.25) is 0 Å². The summed E-state index contributed by atoms with van der Waals surface area (Å²) in [7, 11) is 0. The van der Waals surface area contributed by atoms with Crippen LogP contribution in [0.25, 0.3) is 0 Å². The molecule has 4 nitrogen and oxygen atoms in total. The second-order valence-electron chi connectivity index (χ2n) is 5.17. The van der Waals surface area contributed by atoms with Crippen LogP contribution in [0.5, 0.6) is 0 Å². The summed E-state index contributed by atoms with van der Waals surface area (Å²) in [6.07, 6.45) is 0.794. The molecule has 96 valence electrons. The lowest BCUT2D eigenvalue weighted by Gasteiger charge is -2.32. The number of rotatable bonds is 7. The molecule has 0 saturated heterocycles. The molecule has 1 amide bonds. The molecular weight excluding hydrogens is 202 g/mol. The van der Waals surface area contributed by atoms with Crippen LogP contribution in [0.1, 0.15) is 41.0 Å². The van der Waals surface area contributed by atoms with Gasteiger partial charge in [-0.1, -0.05) is 34.6 Å². The van der Waals surface area contributed by atoms with E-state index < -0.39 is 0 Å². The van der Waals surface area contributed by atoms with Gasteiger partial charge < -0.3 is 0 Å². The number of hydrazine groups is 1. The first-order chi connectivity index (χ1) is 7.42. The van der Waals surface area contributed by atoms with E-state index in [1.54, 1.807) is 0 Å². The van der Waals surface area contributed by atoms with Crippen LogP contribution >= 0.6 is 0 Å². The van der Waals surface area contributed by atoms with Gasteiger partial charge in [-0.15, -0.1) is 0 Å². The fourth-order valence-corrected chi connectivity index (χ4v) is 1.97. The van der Waals surface area contributed by atoms with Crippen molar-refractivity contribution in [1.82, 2.24) is 10.3 Å². The lowest BCUT2D eigenvalue weighted by atomic mass is 10.1. The summed E-state index contributed by atoms with van der Waals surface area (Å²) in [6.45, 7) is 12.6. The molecule has 0 aliphatic rings. The number of hydrogen-bond donors (Lipinski definition) is 2. The summed E-state index contributed by atoms with van der Waals surface area (Å²) < 4.78 is 0. The van der Waals surface area contributed by atoms with Crippen LogP contribution in [0.15, 0.2) is 0 Å². The molecule has 0 aromatic heterocycles. The normalized spacial score (nSPS) is 13.6. The van der Waals surface area contributed by atoms with Crippen molar-refractivity contribution in [2.24, 2.45) is 17.7 Å². The number of nitrogens with two attached hydrogens (primary N) is 1. The number of amides is 1. The Kier molecular flexibility index (Phi) is 7.34. The zero-order valence-corrected chi connectivity index (χ0v) is 11.3. The van der Waals surface area contributed by atoms with Crippen LogP contribution in [0.3, 0.4) is 0 Å². The number of carbonyl (C=O) groups is 1. The fraction of sp³-hybridized carbons (Fsp3) is 0.917. The SMILES string of the molecule is CCC(C(=O)NN)N(CC(C)C)CC(C)C. The minimum absolute atomic E-state index is 0.0798. The van der Waals surface area contributed by atoms with Crippen molar-refractivity contribution in [3.8, 4) is 0 Å². The zero-order chi connectivity index (χ0) is 12.7. The highest BCUT2D eigenvalue weighted by molar-refractivity contribution is 5.81. The van der Waals surface area contributed by atoms with Gasteiger partial charge in [0.1, 0.15) is 0 Å². The molecule has 0 rings (SSSR count). The molecule has 1 atom stereocenters. The van der Waals surface area contributed by atoms with Gasteiger partial charge in [-0.2, -0.15) is 0 Å². The lowest BCUT2D eigenvalue weighted by molar-refractivity contribution is -0.127. The highest BCUT2D eigenvalue weighted by Crippen LogP contribution is 2.11. The van der Waals surface area contributed by atoms with Crippen molar-refractivity contribution >= 4 is 5.91 Å². The quantitative estimate of drug-likeness (QED) is 0.394. The van der Waals surface area contributed by atoms with E-state index in [1.807, 2.05) is 6.92 Å². The van der Waals surface area contributed by atoms with E-state index in [-0.39, 0.29) is 11.9 Å². The van der Waals surface area contributed by atoms with Crippen molar-refractivity contribution in [3.63, 3.8) is 0 Å². The van der Waals surface area contributed by atoms with E-state index in [9.17, 15) is 4.79 Å². The smallest absolute Gasteiger partial charge is 0.251 e. The average molecular weight is 229 g/mol. The predicted octanol–water partition coefficient (Wildman–Crippen LogP) is 1.37. The van der Waals surface area contributed by atoms with E-state index in [0.29, 0.717) is 11.8 Å². The minimum atomic E-state index is -0.102. The van der Waals surface area contributed by atoms with E-state index in [1.165, 1.54) is 0 Å². The molecule has 0 bridgehead atoms. The third-order valence-electron chi connectivity index (χ3n) is 2.47. The van der Waals surface area contributed by atoms with Crippen LogP contribution in [0, 0.1) is 11.8 Å². The lowest BCUT2D eigenvalue weighted by Crippen LogP contribution is -2.50. The monoisotopic (exact) mass is 229 g/mol. The summed E-state index contributed by atoms with van der Waals surface area (Å²) in [5.41, 5.74) is 2.26. The summed E-state index contributed by atoms with van der Waals surface area (Å²) in [5, 5.41) is 0. The number of carbonyl (C=O) groups excluding carboxylic acids is 1. The first-order valence-corrected chi connectivity index (χ1v) is 6.16. The molecule has 16 heavy (non-hydrogen) atoms. The molecule has 0 heterocycles. The Morgan fingerprint density at radius 3 is 1.88 bits per heavy atom. The van der Waals surface area contributed by atoms with Crippen LogP contribution in [-0.2, 0) is 4.79 Å². The third kappa shape index (κ3) is 5.47. The van der Waals surface area contributed by atoms with Gasteiger partial charge in [-0.05, 0) is 18.3 Å². The topological polar surface area (TPSA) is 58.4 Å². The van der Waals surface area contributed by atoms with E-state index >= 15 is 0 Å². The van der Waals surface area contributed by atoms with Gasteiger partial charge in [0.05, 0.1) is 6.04 Å². The number of nitrogens with zero attached hydrogens (tertiary/aromatic N) is 1. The van der Waals surface area contributed by atoms with Crippen LogP contribution in [-0.4, -0.2) is 29.9 Å². The maximum absolute atomic E-state index is 11.7. The van der Waals surface area contributed by atoms with Crippen molar-refractivity contribution in [2.45, 2.75) is 47.1 Å². The molecule has 0 spiro atoms. The summed E-state index contributed by atoms with van der Waals surface area (Å²) >= 11 is 0. The van der Waals surface area contributed by atoms with Crippen molar-refractivity contribution in [1.29, 1.82) is 0 Å². The molecule has 0 radical (unpaired) electrons. The van der Waals surface area contributed by atoms with Gasteiger partial charge in [0.25, 0.3) is 5.91 Å². The second-order valence-corrected chi connectivity index (χ2v) is 5.17. The van der Waals surface area contributed by atoms with E-state index in [2.05, 4.69) is 38.0 Å². The van der Waals surface area contributed by atoms with Crippen LogP contribution < -0.4 is 11.3 Å². The van der Waals surface area contributed by atoms with Gasteiger partial charge in [-0.3, -0.25) is 15.1 Å². The molecule has 0 aromatic carbocycles. The van der Waals surface area contributed by atoms with Gasteiger partial charge in [0, 0.05) is 13.1 Å². The summed E-state index contributed by atoms with van der Waals surface area (Å²) in [5.74, 6) is 6.25. The van der Waals surface area contributed by atoms with Crippen molar-refractivity contribution < 1.29 is 4.79 Å². The highest BCUT2D eigenvalue weighted by Gasteiger charge is 2.24. The van der Waals surface area contributed by atoms with Crippen molar-refractivity contribution in [3.05, 3.63) is 0 Å². The Labute approximate surface area is 99.5 Å². The first-order valence-electron chi connectivity index (χ1n) is 6.16. The summed E-state index contributed by atoms with van der Waals surface area (Å²) in [4.78, 5) is 13.9. The largest absolute Gasteiger partial charge is 0.293 e. The minimum Gasteiger partial charge on any atom is -0.293 e. The molecule has 0 aliphatic heterocycles. The molecule has 0 aliphatic carbocycles. The molecular formula is C12H27N3O. The predicted molar refractivity (Wildman–Crippen MR) is 67.7 cm³/mol. The Hall–Kier alpha value is -0.610. The standard InChI is InChI=1S/C12H27N3O/c1-6-11(12(16)14-13)15(7-9(2)3)8-10(4)5/h9-11H,6-8,13H2,1-5H3,(H,14,16). The molecule has 4 heteroatoms. The Morgan fingerprint density at radius 1 is 1.19 bits per heavy atom. The van der Waals surface area contributed by atoms with Gasteiger partial charge >= 0.3 is 0 Å². The van der Waals surface area contributed by atoms with E-state index in [4.69, 9.17) is 5.84 Å². The van der Waals surface area contributed by atoms with Gasteiger partial charge in [-0.25, -0.2) is 5.84 Å². The van der Waals surface area contributed by atoms with Crippen molar-refractivity contribution in [2.75, 3.05) is 13.1 Å². The zero-order valence-electron chi connectivity index (χ0n) is 11.3. The Morgan fingerprint density at radius 2 is 1.62 bits per heavy atom. The van der Waals surface area contributed by atoms with Gasteiger partial charge in [0.15, 0.2) is 0 Å². The highest BCUT2D eigenvalue weighted by atomic mass is 16.2. The van der Waals surface area contributed by atoms with Crippen LogP contribution in [0.4, 0.5) is 0 Å². The molecule has 0 fully saturated rings.